The van der Waals surface area contributed by atoms with E-state index in [2.05, 4.69) is 5.10 Å². The molecule has 260 valence electrons. The van der Waals surface area contributed by atoms with Crippen molar-refractivity contribution in [2.75, 3.05) is 11.5 Å². The molecule has 3 aliphatic heterocycles. The van der Waals surface area contributed by atoms with Gasteiger partial charge in [0, 0.05) is 34.6 Å². The molecule has 1 N–H and O–H groups in total. The number of aliphatic hydroxyl groups excluding tert-OH is 1. The topological polar surface area (TPSA) is 105 Å². The van der Waals surface area contributed by atoms with Crippen molar-refractivity contribution in [3.8, 4) is 5.69 Å². The van der Waals surface area contributed by atoms with Crippen molar-refractivity contribution in [2.24, 2.45) is 5.92 Å². The number of anilines is 2. The zero-order valence-electron chi connectivity index (χ0n) is 28.7. The number of benzene rings is 4. The number of nitrogens with zero attached hydrogens (tertiary/aromatic N) is 4. The van der Waals surface area contributed by atoms with Crippen LogP contribution >= 0.6 is 0 Å². The van der Waals surface area contributed by atoms with Crippen LogP contribution in [0.15, 0.2) is 108 Å². The maximum Gasteiger partial charge on any atom is 0.279 e. The molecule has 1 fully saturated rings. The Hall–Kier alpha value is -4.97. The minimum absolute atomic E-state index is 0.144. The van der Waals surface area contributed by atoms with Gasteiger partial charge in [0.2, 0.25) is 14.3 Å². The summed E-state index contributed by atoms with van der Waals surface area (Å²) in [4.78, 5) is 46.2. The molecule has 0 bridgehead atoms. The van der Waals surface area contributed by atoms with Gasteiger partial charge in [-0.1, -0.05) is 67.6 Å². The lowest BCUT2D eigenvalue weighted by Crippen LogP contribution is -2.48. The molecule has 3 aliphatic rings. The number of carbonyl (C=O) groups is 2. The van der Waals surface area contributed by atoms with Gasteiger partial charge >= 0.3 is 0 Å². The molecule has 9 nitrogen and oxygen atoms in total. The fourth-order valence-electron chi connectivity index (χ4n) is 8.73. The Labute approximate surface area is 296 Å². The van der Waals surface area contributed by atoms with Crippen LogP contribution in [0.3, 0.4) is 0 Å². The Balaban J connectivity index is 1.24. The van der Waals surface area contributed by atoms with Crippen LogP contribution in [-0.2, 0) is 32.9 Å². The highest BCUT2D eigenvalue weighted by Crippen LogP contribution is 2.61. The molecule has 1 aromatic heterocycles. The number of fused-ring (bicyclic) bond motifs is 4. The first kappa shape index (κ1) is 33.2. The number of aliphatic hydroxyl groups is 1. The van der Waals surface area contributed by atoms with E-state index in [9.17, 15) is 14.7 Å². The van der Waals surface area contributed by atoms with Crippen LogP contribution in [0.1, 0.15) is 30.0 Å². The molecule has 0 saturated carbocycles. The number of halogens is 1. The zero-order valence-corrected chi connectivity index (χ0v) is 29.7. The number of carbonyl (C=O) groups excluding carboxylic acids is 2. The van der Waals surface area contributed by atoms with Crippen molar-refractivity contribution in [3.05, 3.63) is 130 Å². The second kappa shape index (κ2) is 12.4. The molecule has 0 radical (unpaired) electrons. The molecule has 5 atom stereocenters. The van der Waals surface area contributed by atoms with Gasteiger partial charge in [0.1, 0.15) is 0 Å². The molecule has 2 amide bonds. The van der Waals surface area contributed by atoms with E-state index in [4.69, 9.17) is 4.74 Å². The van der Waals surface area contributed by atoms with Crippen molar-refractivity contribution in [2.45, 2.75) is 62.7 Å². The van der Waals surface area contributed by atoms with Gasteiger partial charge in [-0.3, -0.25) is 19.3 Å². The quantitative estimate of drug-likeness (QED) is 0.168. The van der Waals surface area contributed by atoms with E-state index in [0.29, 0.717) is 46.4 Å². The Bertz CT molecular complexity index is 2240. The molecular weight excluding hydrogens is 664 g/mol. The van der Waals surface area contributed by atoms with Crippen LogP contribution in [0.4, 0.5) is 15.5 Å². The second-order valence-electron chi connectivity index (χ2n) is 14.4. The van der Waals surface area contributed by atoms with Gasteiger partial charge in [0.05, 0.1) is 48.1 Å². The molecule has 1 spiro atoms. The molecule has 5 aromatic rings. The number of amides is 2. The zero-order chi connectivity index (χ0) is 35.7. The van der Waals surface area contributed by atoms with Gasteiger partial charge in [0.15, 0.2) is 5.60 Å². The minimum Gasteiger partial charge on any atom is -0.394 e. The van der Waals surface area contributed by atoms with Crippen LogP contribution in [0.25, 0.3) is 16.5 Å². The summed E-state index contributed by atoms with van der Waals surface area (Å²) in [5, 5.41) is 16.0. The summed E-state index contributed by atoms with van der Waals surface area (Å²) in [6.45, 7) is 5.18. The van der Waals surface area contributed by atoms with Gasteiger partial charge in [-0.15, -0.1) is 0 Å². The average molecular weight is 703 g/mol. The van der Waals surface area contributed by atoms with Crippen molar-refractivity contribution in [1.29, 1.82) is 0 Å². The highest BCUT2D eigenvalue weighted by atomic mass is 28.4. The third kappa shape index (κ3) is 5.25. The summed E-state index contributed by atoms with van der Waals surface area (Å²) in [6.07, 6.45) is 1.09. The normalized spacial score (nSPS) is 24.3. The number of para-hydroxylation sites is 1. The van der Waals surface area contributed by atoms with E-state index >= 15 is 8.90 Å². The monoisotopic (exact) mass is 702 g/mol. The average Bonchev–Trinajstić information content (AvgIpc) is 3.57. The smallest absolute Gasteiger partial charge is 0.279 e. The maximum atomic E-state index is 16.6. The van der Waals surface area contributed by atoms with Crippen molar-refractivity contribution in [1.82, 2.24) is 14.7 Å². The van der Waals surface area contributed by atoms with E-state index in [-0.39, 0.29) is 30.4 Å². The van der Waals surface area contributed by atoms with E-state index in [0.717, 1.165) is 11.1 Å². The number of aromatic nitrogens is 2. The van der Waals surface area contributed by atoms with Crippen LogP contribution in [-0.4, -0.2) is 58.8 Å². The van der Waals surface area contributed by atoms with Crippen molar-refractivity contribution in [3.63, 3.8) is 0 Å². The van der Waals surface area contributed by atoms with Gasteiger partial charge in [-0.05, 0) is 67.0 Å². The lowest BCUT2D eigenvalue weighted by atomic mass is 9.82. The van der Waals surface area contributed by atoms with Gasteiger partial charge < -0.3 is 18.9 Å². The molecule has 0 unspecified atom stereocenters. The van der Waals surface area contributed by atoms with Crippen LogP contribution in [0, 0.1) is 5.92 Å². The molecule has 11 heteroatoms. The standard InChI is InChI=1S/C40H39FN4O5Si/c1-25-37(51(2,3)41)35(21-36(47)43-23-28-13-8-7-11-26(28)19-31(43)24-46)50-40(25)33-20-30(45-38(48)32-16-10-9-12-27(32)22-42-45)17-18-34(33)44(39(40)49)29-14-5-4-6-15-29/h4-18,20,22,25,31,35,37,46H,19,21,23-24H2,1-3H3/t25-,31+,35+,37-,40+/m1/s1. The van der Waals surface area contributed by atoms with E-state index in [1.165, 1.54) is 4.68 Å². The van der Waals surface area contributed by atoms with Gasteiger partial charge in [-0.25, -0.2) is 0 Å². The fourth-order valence-corrected chi connectivity index (χ4v) is 11.2. The second-order valence-corrected chi connectivity index (χ2v) is 18.2. The predicted octanol–water partition coefficient (Wildman–Crippen LogP) is 6.17. The van der Waals surface area contributed by atoms with Crippen LogP contribution in [0.2, 0.25) is 18.6 Å². The number of hydrogen-bond donors (Lipinski definition) is 1. The first-order valence-electron chi connectivity index (χ1n) is 17.4. The Morgan fingerprint density at radius 1 is 0.961 bits per heavy atom. The third-order valence-corrected chi connectivity index (χ3v) is 13.5. The Morgan fingerprint density at radius 3 is 2.41 bits per heavy atom. The number of ether oxygens (including phenoxy) is 1. The maximum absolute atomic E-state index is 16.6. The largest absolute Gasteiger partial charge is 0.394 e. The highest BCUT2D eigenvalue weighted by molar-refractivity contribution is 6.72. The summed E-state index contributed by atoms with van der Waals surface area (Å²) < 4.78 is 24.9. The van der Waals surface area contributed by atoms with E-state index < -0.39 is 37.6 Å². The summed E-state index contributed by atoms with van der Waals surface area (Å²) in [7, 11) is -3.60. The third-order valence-electron chi connectivity index (χ3n) is 11.1. The molecular formula is C40H39FN4O5Si. The molecule has 4 heterocycles. The molecule has 0 aliphatic carbocycles. The molecule has 8 rings (SSSR count). The lowest BCUT2D eigenvalue weighted by molar-refractivity contribution is -0.150. The van der Waals surface area contributed by atoms with Gasteiger partial charge in [0.25, 0.3) is 11.5 Å². The Morgan fingerprint density at radius 2 is 1.67 bits per heavy atom. The molecule has 51 heavy (non-hydrogen) atoms. The minimum atomic E-state index is -3.60. The van der Waals surface area contributed by atoms with Gasteiger partial charge in [-0.2, -0.15) is 9.78 Å². The van der Waals surface area contributed by atoms with Crippen molar-refractivity contribution < 1.29 is 23.5 Å². The molecule has 1 saturated heterocycles. The predicted molar refractivity (Wildman–Crippen MR) is 195 cm³/mol. The van der Waals surface area contributed by atoms with Crippen molar-refractivity contribution >= 4 is 42.4 Å². The van der Waals surface area contributed by atoms with Crippen LogP contribution < -0.4 is 10.5 Å². The fraction of sp³-hybridized carbons (Fsp3) is 0.300. The lowest BCUT2D eigenvalue weighted by Gasteiger charge is -2.37. The molecule has 4 aromatic carbocycles. The summed E-state index contributed by atoms with van der Waals surface area (Å²) in [5.41, 5.74) is 1.55. The number of hydrogen-bond acceptors (Lipinski definition) is 6. The highest BCUT2D eigenvalue weighted by Gasteiger charge is 2.67. The van der Waals surface area contributed by atoms with E-state index in [1.807, 2.05) is 73.7 Å². The number of rotatable bonds is 6. The SMILES string of the molecule is C[C@@H]1[C@@H]([Si](C)(C)F)[C@H](CC(=O)N2Cc3ccccc3C[C@H]2CO)O[C@@]12C(=O)N(c1ccccc1)c1ccc(-n3ncc4ccccc4c3=O)cc12. The van der Waals surface area contributed by atoms with Crippen LogP contribution in [0.5, 0.6) is 0 Å². The summed E-state index contributed by atoms with van der Waals surface area (Å²) >= 11 is 0. The summed E-state index contributed by atoms with van der Waals surface area (Å²) in [6, 6.07) is 29.2. The van der Waals surface area contributed by atoms with E-state index in [1.54, 1.807) is 59.4 Å². The summed E-state index contributed by atoms with van der Waals surface area (Å²) in [5.74, 6) is -1.29. The first-order chi connectivity index (χ1) is 24.5. The first-order valence-corrected chi connectivity index (χ1v) is 20.3. The Kier molecular flexibility index (Phi) is 8.04.